The van der Waals surface area contributed by atoms with Gasteiger partial charge in [-0.15, -0.1) is 0 Å². The Labute approximate surface area is 318 Å². The van der Waals surface area contributed by atoms with Gasteiger partial charge in [0.15, 0.2) is 0 Å². The Hall–Kier alpha value is -3.13. The summed E-state index contributed by atoms with van der Waals surface area (Å²) in [6.07, 6.45) is 9.21. The Balaban J connectivity index is 0.000000172. The quantitative estimate of drug-likeness (QED) is 0.0894. The van der Waals surface area contributed by atoms with E-state index >= 15 is 0 Å². The minimum atomic E-state index is -0.446. The summed E-state index contributed by atoms with van der Waals surface area (Å²) >= 11 is 2.22. The Bertz CT molecular complexity index is 1450. The largest absolute Gasteiger partial charge is 0.0622 e. The van der Waals surface area contributed by atoms with Gasteiger partial charge in [-0.3, -0.25) is 6.08 Å². The molecule has 1 aliphatic carbocycles. The molecule has 0 fully saturated rings. The van der Waals surface area contributed by atoms with E-state index in [1.54, 1.807) is 0 Å². The molecule has 258 valence electrons. The summed E-state index contributed by atoms with van der Waals surface area (Å²) in [4.78, 5) is 0. The maximum absolute atomic E-state index is 4.49. The van der Waals surface area contributed by atoms with E-state index in [4.69, 9.17) is 0 Å². The predicted molar refractivity (Wildman–Crippen MR) is 221 cm³/mol. The predicted octanol–water partition coefficient (Wildman–Crippen LogP) is 10.8. The van der Waals surface area contributed by atoms with Crippen molar-refractivity contribution in [3.63, 3.8) is 0 Å². The molecule has 50 heavy (non-hydrogen) atoms. The fourth-order valence-corrected chi connectivity index (χ4v) is 10.5. The summed E-state index contributed by atoms with van der Waals surface area (Å²) in [5, 5.41) is 8.39. The number of hydrogen-bond donors (Lipinski definition) is 0. The number of rotatable bonds is 6. The van der Waals surface area contributed by atoms with E-state index in [9.17, 15) is 0 Å². The monoisotopic (exact) mass is 802 g/mol. The van der Waals surface area contributed by atoms with Crippen molar-refractivity contribution in [2.24, 2.45) is 11.3 Å². The molecule has 0 heterocycles. The molecular formula is C46H47ClP2Pd. The van der Waals surface area contributed by atoms with Gasteiger partial charge in [-0.25, -0.2) is 0 Å². The first kappa shape index (κ1) is 39.7. The summed E-state index contributed by atoms with van der Waals surface area (Å²) in [6, 6.07) is 64.7. The zero-order valence-corrected chi connectivity index (χ0v) is 33.3. The first-order valence-corrected chi connectivity index (χ1v) is 21.8. The van der Waals surface area contributed by atoms with Crippen molar-refractivity contribution in [3.8, 4) is 0 Å². The zero-order valence-electron chi connectivity index (χ0n) is 29.2. The molecule has 0 saturated heterocycles. The van der Waals surface area contributed by atoms with Crippen molar-refractivity contribution in [1.82, 2.24) is 0 Å². The third kappa shape index (κ3) is 12.6. The van der Waals surface area contributed by atoms with Crippen molar-refractivity contribution < 1.29 is 18.2 Å². The molecule has 6 aromatic rings. The summed E-state index contributed by atoms with van der Waals surface area (Å²) in [5.41, 5.74) is 0.499. The van der Waals surface area contributed by atoms with E-state index < -0.39 is 15.8 Å². The molecule has 1 atom stereocenters. The van der Waals surface area contributed by atoms with Crippen LogP contribution in [0.4, 0.5) is 0 Å². The molecule has 1 unspecified atom stereocenters. The minimum absolute atomic E-state index is 0.446. The maximum atomic E-state index is 4.49. The van der Waals surface area contributed by atoms with Crippen LogP contribution in [0.5, 0.6) is 0 Å². The molecule has 6 aromatic carbocycles. The average Bonchev–Trinajstić information content (AvgIpc) is 3.19. The van der Waals surface area contributed by atoms with Crippen LogP contribution >= 0.6 is 25.4 Å². The Kier molecular flexibility index (Phi) is 17.4. The van der Waals surface area contributed by atoms with Crippen LogP contribution in [-0.4, -0.2) is 0 Å². The van der Waals surface area contributed by atoms with Gasteiger partial charge in [0.05, 0.1) is 0 Å². The fraction of sp³-hybridized carbons (Fsp3) is 0.174. The normalized spacial score (nSPS) is 13.6. The fourth-order valence-electron chi connectivity index (χ4n) is 5.85. The van der Waals surface area contributed by atoms with E-state index in [1.807, 2.05) is 0 Å². The van der Waals surface area contributed by atoms with E-state index in [0.29, 0.717) is 5.41 Å². The van der Waals surface area contributed by atoms with Gasteiger partial charge < -0.3 is 6.08 Å². The Morgan fingerprint density at radius 2 is 0.700 bits per heavy atom. The molecule has 4 heteroatoms. The second kappa shape index (κ2) is 21.9. The topological polar surface area (TPSA) is 0 Å². The summed E-state index contributed by atoms with van der Waals surface area (Å²) in [7, 11) is 3.60. The first-order valence-electron chi connectivity index (χ1n) is 17.1. The van der Waals surface area contributed by atoms with Gasteiger partial charge in [-0.2, -0.15) is 6.42 Å². The third-order valence-electron chi connectivity index (χ3n) is 8.49. The number of benzene rings is 6. The van der Waals surface area contributed by atoms with Gasteiger partial charge in [0.2, 0.25) is 0 Å². The van der Waals surface area contributed by atoms with Gasteiger partial charge in [-0.05, 0) is 59.0 Å². The van der Waals surface area contributed by atoms with Crippen LogP contribution < -0.4 is 31.8 Å². The molecule has 0 spiro atoms. The molecule has 0 N–H and O–H groups in total. The smallest absolute Gasteiger partial charge is 0.0134 e. The second-order valence-electron chi connectivity index (χ2n) is 12.9. The SMILES string of the molecule is CC(C)(C)C1CC=[C-]CC1.[Cl][Pd+].c1ccc(P(c2ccccc2)c2ccccc2)cc1.c1ccc(P(c2ccccc2)c2ccccc2)cc1. The van der Waals surface area contributed by atoms with Gasteiger partial charge in [0.1, 0.15) is 0 Å². The van der Waals surface area contributed by atoms with E-state index in [-0.39, 0.29) is 0 Å². The minimum Gasteiger partial charge on any atom is -0.0622 e. The van der Waals surface area contributed by atoms with Crippen molar-refractivity contribution >= 4 is 57.2 Å². The van der Waals surface area contributed by atoms with Gasteiger partial charge in [-0.1, -0.05) is 216 Å². The first-order chi connectivity index (χ1) is 24.5. The molecule has 0 amide bonds. The van der Waals surface area contributed by atoms with Crippen molar-refractivity contribution in [2.75, 3.05) is 0 Å². The molecule has 0 bridgehead atoms. The average molecular weight is 804 g/mol. The molecule has 0 aromatic heterocycles. The van der Waals surface area contributed by atoms with Gasteiger partial charge in [0.25, 0.3) is 0 Å². The van der Waals surface area contributed by atoms with Crippen LogP contribution in [0, 0.1) is 17.4 Å². The van der Waals surface area contributed by atoms with E-state index in [2.05, 4.69) is 243 Å². The van der Waals surface area contributed by atoms with Gasteiger partial charge in [0, 0.05) is 0 Å². The van der Waals surface area contributed by atoms with Crippen LogP contribution in [0.15, 0.2) is 188 Å². The molecule has 0 nitrogen and oxygen atoms in total. The van der Waals surface area contributed by atoms with Crippen LogP contribution in [0.3, 0.4) is 0 Å². The standard InChI is InChI=1S/2C18H15P.C10H17.ClH.Pd/c2*1-4-10-16(11-5-1)19(17-12-6-2-7-13-17)18-14-8-3-9-15-18;1-10(2,3)9-7-5-4-6-8-9;;/h2*1-15H;5,9H,6-8H2,1-3H3;1H;/q;;-1;;+2/p-1. The van der Waals surface area contributed by atoms with Crippen molar-refractivity contribution in [3.05, 3.63) is 194 Å². The molecule has 7 rings (SSSR count). The van der Waals surface area contributed by atoms with Crippen LogP contribution in [0.2, 0.25) is 0 Å². The molecule has 1 aliphatic rings. The molecular weight excluding hydrogens is 756 g/mol. The van der Waals surface area contributed by atoms with Crippen molar-refractivity contribution in [1.29, 1.82) is 0 Å². The number of hydrogen-bond acceptors (Lipinski definition) is 0. The Morgan fingerprint density at radius 3 is 0.860 bits per heavy atom. The van der Waals surface area contributed by atoms with Crippen molar-refractivity contribution in [2.45, 2.75) is 40.0 Å². The number of halogens is 1. The van der Waals surface area contributed by atoms with Crippen LogP contribution in [-0.2, 0) is 18.2 Å². The molecule has 0 saturated carbocycles. The van der Waals surface area contributed by atoms with E-state index in [1.165, 1.54) is 51.1 Å². The third-order valence-corrected chi connectivity index (χ3v) is 13.4. The molecule has 0 aliphatic heterocycles. The number of allylic oxidation sites excluding steroid dienone is 2. The summed E-state index contributed by atoms with van der Waals surface area (Å²) in [6.45, 7) is 6.99. The summed E-state index contributed by atoms with van der Waals surface area (Å²) in [5.74, 6) is 0.883. The maximum Gasteiger partial charge on any atom is -0.0134 e. The zero-order chi connectivity index (χ0) is 35.4. The Morgan fingerprint density at radius 1 is 0.460 bits per heavy atom. The second-order valence-corrected chi connectivity index (χ2v) is 17.4. The summed E-state index contributed by atoms with van der Waals surface area (Å²) < 4.78 is 0. The van der Waals surface area contributed by atoms with Crippen LogP contribution in [0.25, 0.3) is 0 Å². The molecule has 0 radical (unpaired) electrons. The van der Waals surface area contributed by atoms with Gasteiger partial charge >= 0.3 is 27.7 Å². The van der Waals surface area contributed by atoms with Crippen LogP contribution in [0.1, 0.15) is 40.0 Å². The van der Waals surface area contributed by atoms with E-state index in [0.717, 1.165) is 5.92 Å².